The first kappa shape index (κ1) is 20.4. The molecule has 158 valence electrons. The van der Waals surface area contributed by atoms with E-state index in [9.17, 15) is 14.0 Å². The van der Waals surface area contributed by atoms with Crippen molar-refractivity contribution in [3.05, 3.63) is 46.9 Å². The van der Waals surface area contributed by atoms with Crippen molar-refractivity contribution in [3.63, 3.8) is 0 Å². The molecule has 2 fully saturated rings. The van der Waals surface area contributed by atoms with E-state index in [2.05, 4.69) is 15.5 Å². The molecule has 0 spiro atoms. The fourth-order valence-electron chi connectivity index (χ4n) is 3.98. The molecular weight excluding hydrogens is 383 g/mol. The van der Waals surface area contributed by atoms with Crippen molar-refractivity contribution in [2.45, 2.75) is 64.0 Å². The van der Waals surface area contributed by atoms with Crippen molar-refractivity contribution < 1.29 is 14.0 Å². The molecule has 2 aliphatic rings. The summed E-state index contributed by atoms with van der Waals surface area (Å²) in [6.07, 6.45) is 7.46. The lowest BCUT2D eigenvalue weighted by Crippen LogP contribution is -2.38. The number of aromatic nitrogens is 2. The van der Waals surface area contributed by atoms with Gasteiger partial charge in [0.25, 0.3) is 11.8 Å². The van der Waals surface area contributed by atoms with E-state index in [1.165, 1.54) is 12.5 Å². The molecule has 4 rings (SSSR count). The topological polar surface area (TPSA) is 75.2 Å². The molecule has 0 radical (unpaired) electrons. The molecule has 2 aromatic rings. The molecule has 30 heavy (non-hydrogen) atoms. The summed E-state index contributed by atoms with van der Waals surface area (Å²) >= 11 is 0. The number of hydrogen-bond acceptors (Lipinski definition) is 4. The van der Waals surface area contributed by atoms with Crippen LogP contribution in [0.2, 0.25) is 0 Å². The Bertz CT molecular complexity index is 950. The van der Waals surface area contributed by atoms with Crippen LogP contribution in [-0.4, -0.2) is 46.0 Å². The van der Waals surface area contributed by atoms with Crippen LogP contribution in [0.3, 0.4) is 0 Å². The van der Waals surface area contributed by atoms with E-state index < -0.39 is 5.82 Å². The van der Waals surface area contributed by atoms with Gasteiger partial charge in [0.15, 0.2) is 5.69 Å². The van der Waals surface area contributed by atoms with Crippen LogP contribution >= 0.6 is 0 Å². The van der Waals surface area contributed by atoms with Gasteiger partial charge in [-0.15, -0.1) is 10.2 Å². The lowest BCUT2D eigenvalue weighted by Gasteiger charge is -2.30. The zero-order chi connectivity index (χ0) is 21.3. The van der Waals surface area contributed by atoms with Gasteiger partial charge >= 0.3 is 0 Å². The first-order valence-corrected chi connectivity index (χ1v) is 10.7. The second-order valence-corrected chi connectivity index (χ2v) is 8.39. The SMILES string of the molecule is Cc1c(F)cc(C(=O)NC2CC2)cc1-c1ccc(C(=O)N(C)C2CCCCC2)nn1. The van der Waals surface area contributed by atoms with Crippen LogP contribution in [0, 0.1) is 12.7 Å². The molecule has 2 aliphatic carbocycles. The Labute approximate surface area is 175 Å². The van der Waals surface area contributed by atoms with Gasteiger partial charge in [0.1, 0.15) is 5.82 Å². The Balaban J connectivity index is 1.55. The molecule has 1 heterocycles. The van der Waals surface area contributed by atoms with Gasteiger partial charge in [-0.1, -0.05) is 19.3 Å². The monoisotopic (exact) mass is 410 g/mol. The van der Waals surface area contributed by atoms with Crippen LogP contribution in [0.5, 0.6) is 0 Å². The van der Waals surface area contributed by atoms with Gasteiger partial charge in [-0.3, -0.25) is 9.59 Å². The zero-order valence-corrected chi connectivity index (χ0v) is 17.4. The van der Waals surface area contributed by atoms with Crippen LogP contribution in [0.15, 0.2) is 24.3 Å². The Morgan fingerprint density at radius 1 is 1.07 bits per heavy atom. The number of benzene rings is 1. The third-order valence-electron chi connectivity index (χ3n) is 6.12. The van der Waals surface area contributed by atoms with Crippen LogP contribution in [-0.2, 0) is 0 Å². The molecule has 0 bridgehead atoms. The largest absolute Gasteiger partial charge is 0.349 e. The Morgan fingerprint density at radius 2 is 1.80 bits per heavy atom. The van der Waals surface area contributed by atoms with Crippen LogP contribution in [0.25, 0.3) is 11.3 Å². The van der Waals surface area contributed by atoms with E-state index in [1.807, 2.05) is 7.05 Å². The molecular formula is C23H27FN4O2. The van der Waals surface area contributed by atoms with Gasteiger partial charge in [0.2, 0.25) is 0 Å². The summed E-state index contributed by atoms with van der Waals surface area (Å²) in [6, 6.07) is 6.61. The second-order valence-electron chi connectivity index (χ2n) is 8.39. The van der Waals surface area contributed by atoms with E-state index in [0.29, 0.717) is 16.8 Å². The van der Waals surface area contributed by atoms with Gasteiger partial charge in [-0.05, 0) is 62.4 Å². The number of amides is 2. The normalized spacial score (nSPS) is 16.9. The van der Waals surface area contributed by atoms with E-state index in [1.54, 1.807) is 30.0 Å². The van der Waals surface area contributed by atoms with Gasteiger partial charge in [-0.2, -0.15) is 0 Å². The third-order valence-corrected chi connectivity index (χ3v) is 6.12. The van der Waals surface area contributed by atoms with E-state index in [0.717, 1.165) is 38.5 Å². The van der Waals surface area contributed by atoms with Gasteiger partial charge in [0.05, 0.1) is 5.69 Å². The van der Waals surface area contributed by atoms with E-state index in [-0.39, 0.29) is 35.2 Å². The highest BCUT2D eigenvalue weighted by Gasteiger charge is 2.26. The highest BCUT2D eigenvalue weighted by Crippen LogP contribution is 2.27. The maximum atomic E-state index is 14.5. The molecule has 1 aromatic carbocycles. The fraction of sp³-hybridized carbons (Fsp3) is 0.478. The number of carbonyl (C=O) groups excluding carboxylic acids is 2. The molecule has 6 nitrogen and oxygen atoms in total. The Morgan fingerprint density at radius 3 is 2.43 bits per heavy atom. The number of nitrogens with zero attached hydrogens (tertiary/aromatic N) is 3. The average molecular weight is 410 g/mol. The third kappa shape index (κ3) is 4.35. The summed E-state index contributed by atoms with van der Waals surface area (Å²) < 4.78 is 14.5. The van der Waals surface area contributed by atoms with Gasteiger partial charge in [0, 0.05) is 30.3 Å². The van der Waals surface area contributed by atoms with Crippen LogP contribution in [0.4, 0.5) is 4.39 Å². The number of nitrogens with one attached hydrogen (secondary N) is 1. The minimum atomic E-state index is -0.465. The molecule has 1 aromatic heterocycles. The molecule has 0 aliphatic heterocycles. The highest BCUT2D eigenvalue weighted by molar-refractivity contribution is 5.96. The van der Waals surface area contributed by atoms with Crippen molar-refractivity contribution in [1.29, 1.82) is 0 Å². The quantitative estimate of drug-likeness (QED) is 0.812. The molecule has 0 saturated heterocycles. The van der Waals surface area contributed by atoms with Crippen molar-refractivity contribution >= 4 is 11.8 Å². The lowest BCUT2D eigenvalue weighted by molar-refractivity contribution is 0.0689. The molecule has 2 saturated carbocycles. The first-order valence-electron chi connectivity index (χ1n) is 10.7. The van der Waals surface area contributed by atoms with Gasteiger partial charge in [-0.25, -0.2) is 4.39 Å². The number of hydrogen-bond donors (Lipinski definition) is 1. The Kier molecular flexibility index (Phi) is 5.79. The van der Waals surface area contributed by atoms with Crippen molar-refractivity contribution in [3.8, 4) is 11.3 Å². The maximum Gasteiger partial charge on any atom is 0.274 e. The summed E-state index contributed by atoms with van der Waals surface area (Å²) in [6.45, 7) is 1.64. The average Bonchev–Trinajstić information content (AvgIpc) is 3.59. The first-order chi connectivity index (χ1) is 14.4. The second kappa shape index (κ2) is 8.50. The smallest absolute Gasteiger partial charge is 0.274 e. The predicted octanol–water partition coefficient (Wildman–Crippen LogP) is 3.89. The summed E-state index contributed by atoms with van der Waals surface area (Å²) in [4.78, 5) is 26.9. The van der Waals surface area contributed by atoms with Crippen molar-refractivity contribution in [2.24, 2.45) is 0 Å². The van der Waals surface area contributed by atoms with Crippen molar-refractivity contribution in [2.75, 3.05) is 7.05 Å². The van der Waals surface area contributed by atoms with Crippen LogP contribution < -0.4 is 5.32 Å². The molecule has 0 unspecified atom stereocenters. The Hall–Kier alpha value is -2.83. The van der Waals surface area contributed by atoms with E-state index >= 15 is 0 Å². The van der Waals surface area contributed by atoms with E-state index in [4.69, 9.17) is 0 Å². The fourth-order valence-corrected chi connectivity index (χ4v) is 3.98. The van der Waals surface area contributed by atoms with Gasteiger partial charge < -0.3 is 10.2 Å². The number of halogens is 1. The van der Waals surface area contributed by atoms with Crippen molar-refractivity contribution in [1.82, 2.24) is 20.4 Å². The molecule has 0 atom stereocenters. The number of rotatable bonds is 5. The minimum absolute atomic E-state index is 0.151. The maximum absolute atomic E-state index is 14.5. The summed E-state index contributed by atoms with van der Waals surface area (Å²) in [7, 11) is 1.81. The lowest BCUT2D eigenvalue weighted by atomic mass is 9.94. The highest BCUT2D eigenvalue weighted by atomic mass is 19.1. The zero-order valence-electron chi connectivity index (χ0n) is 17.4. The number of carbonyl (C=O) groups is 2. The van der Waals surface area contributed by atoms with Crippen LogP contribution in [0.1, 0.15) is 71.4 Å². The standard InChI is InChI=1S/C23H27FN4O2/c1-14-18(12-15(13-19(14)24)22(29)25-16-8-9-16)20-10-11-21(27-26-20)23(30)28(2)17-6-4-3-5-7-17/h10-13,16-17H,3-9H2,1-2H3,(H,25,29). The predicted molar refractivity (Wildman–Crippen MR) is 112 cm³/mol. The summed E-state index contributed by atoms with van der Waals surface area (Å²) in [5, 5.41) is 11.2. The summed E-state index contributed by atoms with van der Waals surface area (Å²) in [5.41, 5.74) is 1.87. The minimum Gasteiger partial charge on any atom is -0.349 e. The molecule has 2 amide bonds. The summed E-state index contributed by atoms with van der Waals surface area (Å²) in [5.74, 6) is -0.902. The molecule has 7 heteroatoms. The molecule has 1 N–H and O–H groups in total.